The zero-order valence-corrected chi connectivity index (χ0v) is 14.4. The van der Waals surface area contributed by atoms with Gasteiger partial charge in [0, 0.05) is 17.6 Å². The van der Waals surface area contributed by atoms with Gasteiger partial charge in [-0.2, -0.15) is 0 Å². The number of nitrogens with zero attached hydrogens (tertiary/aromatic N) is 1. The average Bonchev–Trinajstić information content (AvgIpc) is 2.69. The minimum Gasteiger partial charge on any atom is -0.353 e. The molecule has 2 heterocycles. The van der Waals surface area contributed by atoms with Crippen molar-refractivity contribution < 1.29 is 9.47 Å². The van der Waals surface area contributed by atoms with Crippen LogP contribution in [0.1, 0.15) is 24.8 Å². The fourth-order valence-corrected chi connectivity index (χ4v) is 3.35. The Balaban J connectivity index is 1.58. The predicted octanol–water partition coefficient (Wildman–Crippen LogP) is 4.99. The molecule has 25 heavy (non-hydrogen) atoms. The summed E-state index contributed by atoms with van der Waals surface area (Å²) in [5.41, 5.74) is 4.47. The number of pyridine rings is 1. The topological polar surface area (TPSA) is 31.4 Å². The lowest BCUT2D eigenvalue weighted by atomic mass is 10.0. The van der Waals surface area contributed by atoms with E-state index in [1.165, 1.54) is 17.4 Å². The third-order valence-corrected chi connectivity index (χ3v) is 4.68. The molecule has 0 amide bonds. The molecule has 1 atom stereocenters. The van der Waals surface area contributed by atoms with Crippen LogP contribution in [-0.4, -0.2) is 24.5 Å². The molecule has 1 aromatic heterocycles. The molecule has 1 saturated heterocycles. The van der Waals surface area contributed by atoms with Crippen molar-refractivity contribution in [3.8, 4) is 11.3 Å². The van der Waals surface area contributed by atoms with Gasteiger partial charge in [-0.15, -0.1) is 0 Å². The first-order valence-electron chi connectivity index (χ1n) is 9.07. The van der Waals surface area contributed by atoms with Crippen LogP contribution in [0.15, 0.2) is 60.7 Å². The highest BCUT2D eigenvalue weighted by molar-refractivity contribution is 5.85. The van der Waals surface area contributed by atoms with Crippen LogP contribution in [0.2, 0.25) is 0 Å². The van der Waals surface area contributed by atoms with Crippen LogP contribution >= 0.6 is 0 Å². The van der Waals surface area contributed by atoms with Gasteiger partial charge in [-0.25, -0.2) is 4.98 Å². The van der Waals surface area contributed by atoms with E-state index in [0.29, 0.717) is 6.61 Å². The van der Waals surface area contributed by atoms with Crippen molar-refractivity contribution in [1.29, 1.82) is 0 Å². The Morgan fingerprint density at radius 2 is 1.84 bits per heavy atom. The standard InChI is InChI=1S/C22H23NO2/c1-2-8-17(9-3-1)21-16-18(19-10-4-5-11-20(19)23-21)13-15-25-22-12-6-7-14-24-22/h1-5,8-11,16,22H,6-7,12-15H2. The first-order chi connectivity index (χ1) is 12.4. The summed E-state index contributed by atoms with van der Waals surface area (Å²) in [6.45, 7) is 1.49. The number of benzene rings is 2. The van der Waals surface area contributed by atoms with E-state index in [2.05, 4.69) is 48.5 Å². The molecule has 1 aliphatic rings. The monoisotopic (exact) mass is 333 g/mol. The summed E-state index contributed by atoms with van der Waals surface area (Å²) in [5, 5.41) is 1.20. The SMILES string of the molecule is c1ccc(-c2cc(CCOC3CCCCO3)c3ccccc3n2)cc1. The quantitative estimate of drug-likeness (QED) is 0.659. The summed E-state index contributed by atoms with van der Waals surface area (Å²) >= 11 is 0. The minimum atomic E-state index is -0.0320. The summed E-state index contributed by atoms with van der Waals surface area (Å²) in [7, 11) is 0. The average molecular weight is 333 g/mol. The molecule has 0 bridgehead atoms. The number of rotatable bonds is 5. The van der Waals surface area contributed by atoms with Crippen LogP contribution in [0.25, 0.3) is 22.2 Å². The van der Waals surface area contributed by atoms with E-state index in [0.717, 1.165) is 42.6 Å². The summed E-state index contributed by atoms with van der Waals surface area (Å²) in [6, 6.07) is 20.9. The molecule has 4 rings (SSSR count). The first-order valence-corrected chi connectivity index (χ1v) is 9.07. The van der Waals surface area contributed by atoms with E-state index in [-0.39, 0.29) is 6.29 Å². The van der Waals surface area contributed by atoms with Crippen LogP contribution in [0.5, 0.6) is 0 Å². The lowest BCUT2D eigenvalue weighted by molar-refractivity contribution is -0.161. The van der Waals surface area contributed by atoms with E-state index in [1.807, 2.05) is 12.1 Å². The molecule has 3 heteroatoms. The molecular formula is C22H23NO2. The molecule has 3 aromatic rings. The molecular weight excluding hydrogens is 310 g/mol. The van der Waals surface area contributed by atoms with Crippen molar-refractivity contribution in [3.05, 3.63) is 66.2 Å². The fraction of sp³-hybridized carbons (Fsp3) is 0.318. The summed E-state index contributed by atoms with van der Waals surface area (Å²) in [6.07, 6.45) is 4.18. The minimum absolute atomic E-state index is 0.0320. The summed E-state index contributed by atoms with van der Waals surface area (Å²) in [5.74, 6) is 0. The third-order valence-electron chi connectivity index (χ3n) is 4.68. The predicted molar refractivity (Wildman–Crippen MR) is 100 cm³/mol. The van der Waals surface area contributed by atoms with Gasteiger partial charge in [-0.05, 0) is 43.4 Å². The smallest absolute Gasteiger partial charge is 0.157 e. The van der Waals surface area contributed by atoms with Crippen LogP contribution in [-0.2, 0) is 15.9 Å². The molecule has 3 nitrogen and oxygen atoms in total. The molecule has 0 N–H and O–H groups in total. The van der Waals surface area contributed by atoms with Gasteiger partial charge in [-0.3, -0.25) is 0 Å². The highest BCUT2D eigenvalue weighted by Crippen LogP contribution is 2.25. The Morgan fingerprint density at radius 3 is 2.68 bits per heavy atom. The van der Waals surface area contributed by atoms with Crippen molar-refractivity contribution in [1.82, 2.24) is 4.98 Å². The normalized spacial score (nSPS) is 17.7. The molecule has 1 unspecified atom stereocenters. The maximum atomic E-state index is 5.94. The van der Waals surface area contributed by atoms with Gasteiger partial charge >= 0.3 is 0 Å². The highest BCUT2D eigenvalue weighted by Gasteiger charge is 2.14. The maximum absolute atomic E-state index is 5.94. The van der Waals surface area contributed by atoms with Crippen LogP contribution in [0.4, 0.5) is 0 Å². The Bertz CT molecular complexity index is 826. The molecule has 0 saturated carbocycles. The van der Waals surface area contributed by atoms with Gasteiger partial charge in [0.05, 0.1) is 17.8 Å². The Hall–Kier alpha value is -2.23. The Labute approximate surface area is 148 Å². The second-order valence-corrected chi connectivity index (χ2v) is 6.47. The van der Waals surface area contributed by atoms with Crippen LogP contribution < -0.4 is 0 Å². The van der Waals surface area contributed by atoms with E-state index in [9.17, 15) is 0 Å². The molecule has 1 fully saturated rings. The summed E-state index contributed by atoms with van der Waals surface area (Å²) < 4.78 is 11.6. The van der Waals surface area contributed by atoms with Gasteiger partial charge in [-0.1, -0.05) is 48.5 Å². The van der Waals surface area contributed by atoms with E-state index in [4.69, 9.17) is 14.5 Å². The molecule has 1 aliphatic heterocycles. The van der Waals surface area contributed by atoms with Crippen LogP contribution in [0, 0.1) is 0 Å². The van der Waals surface area contributed by atoms with E-state index in [1.54, 1.807) is 0 Å². The Morgan fingerprint density at radius 1 is 1.00 bits per heavy atom. The number of aromatic nitrogens is 1. The zero-order chi connectivity index (χ0) is 16.9. The van der Waals surface area contributed by atoms with Crippen molar-refractivity contribution in [3.63, 3.8) is 0 Å². The lowest BCUT2D eigenvalue weighted by Crippen LogP contribution is -2.23. The summed E-state index contributed by atoms with van der Waals surface area (Å²) in [4.78, 5) is 4.84. The van der Waals surface area contributed by atoms with E-state index < -0.39 is 0 Å². The number of hydrogen-bond donors (Lipinski definition) is 0. The van der Waals surface area contributed by atoms with Crippen molar-refractivity contribution in [2.24, 2.45) is 0 Å². The molecule has 0 aliphatic carbocycles. The highest BCUT2D eigenvalue weighted by atomic mass is 16.7. The van der Waals surface area contributed by atoms with Gasteiger partial charge < -0.3 is 9.47 Å². The number of fused-ring (bicyclic) bond motifs is 1. The molecule has 128 valence electrons. The molecule has 2 aromatic carbocycles. The Kier molecular flexibility index (Phi) is 5.05. The van der Waals surface area contributed by atoms with Gasteiger partial charge in [0.2, 0.25) is 0 Å². The van der Waals surface area contributed by atoms with Crippen molar-refractivity contribution in [2.45, 2.75) is 32.0 Å². The lowest BCUT2D eigenvalue weighted by Gasteiger charge is -2.22. The second-order valence-electron chi connectivity index (χ2n) is 6.47. The largest absolute Gasteiger partial charge is 0.353 e. The fourth-order valence-electron chi connectivity index (χ4n) is 3.35. The maximum Gasteiger partial charge on any atom is 0.157 e. The van der Waals surface area contributed by atoms with Crippen molar-refractivity contribution >= 4 is 10.9 Å². The second kappa shape index (κ2) is 7.77. The molecule has 0 radical (unpaired) electrons. The molecule has 0 spiro atoms. The van der Waals surface area contributed by atoms with Gasteiger partial charge in [0.25, 0.3) is 0 Å². The number of hydrogen-bond acceptors (Lipinski definition) is 3. The van der Waals surface area contributed by atoms with Gasteiger partial charge in [0.15, 0.2) is 6.29 Å². The van der Waals surface area contributed by atoms with Crippen LogP contribution in [0.3, 0.4) is 0 Å². The van der Waals surface area contributed by atoms with E-state index >= 15 is 0 Å². The number of ether oxygens (including phenoxy) is 2. The number of para-hydroxylation sites is 1. The third kappa shape index (κ3) is 3.89. The van der Waals surface area contributed by atoms with Crippen molar-refractivity contribution in [2.75, 3.05) is 13.2 Å². The first kappa shape index (κ1) is 16.2. The zero-order valence-electron chi connectivity index (χ0n) is 14.4. The van der Waals surface area contributed by atoms with Gasteiger partial charge in [0.1, 0.15) is 0 Å².